The van der Waals surface area contributed by atoms with Crippen LogP contribution in [0.1, 0.15) is 19.0 Å². The minimum absolute atomic E-state index is 0. The molecule has 0 atom stereocenters. The molecule has 0 aliphatic carbocycles. The van der Waals surface area contributed by atoms with E-state index in [2.05, 4.69) is 5.32 Å². The lowest BCUT2D eigenvalue weighted by molar-refractivity contribution is -0.136. The molecule has 4 aromatic rings. The van der Waals surface area contributed by atoms with Gasteiger partial charge in [0, 0.05) is 20.2 Å². The molecule has 3 N–H and O–H groups in total. The Balaban J connectivity index is 0.00000484. The quantitative estimate of drug-likeness (QED) is 0.222. The number of anilines is 1. The largest absolute Gasteiger partial charge is 0.457 e. The molecule has 0 aromatic heterocycles. The zero-order valence-corrected chi connectivity index (χ0v) is 22.8. The standard InChI is InChI=1S/C33H34N4O4.H2/c34-31(38)24-37(23-27-13-6-2-7-14-27)32(39)25-36(22-10-15-26-11-4-1-5-12-26)33(40)35-28-18-20-30(21-19-28)41-29-16-8-3-9-17-29;/h1-9,11-14,16-21H,10,15,22-25H2,(H2,34,38)(H,35,40);1H. The molecule has 0 fully saturated rings. The highest BCUT2D eigenvalue weighted by Gasteiger charge is 2.23. The number of urea groups is 1. The van der Waals surface area contributed by atoms with Crippen molar-refractivity contribution in [2.24, 2.45) is 5.73 Å². The minimum atomic E-state index is -0.618. The van der Waals surface area contributed by atoms with E-state index in [-0.39, 0.29) is 27.0 Å². The summed E-state index contributed by atoms with van der Waals surface area (Å²) in [5, 5.41) is 2.89. The Labute approximate surface area is 241 Å². The number of rotatable bonds is 13. The highest BCUT2D eigenvalue weighted by molar-refractivity contribution is 5.93. The molecule has 0 saturated carbocycles. The predicted molar refractivity (Wildman–Crippen MR) is 161 cm³/mol. The number of amides is 4. The number of nitrogens with zero attached hydrogens (tertiary/aromatic N) is 2. The summed E-state index contributed by atoms with van der Waals surface area (Å²) >= 11 is 0. The van der Waals surface area contributed by atoms with Crippen LogP contribution in [0.5, 0.6) is 11.5 Å². The first kappa shape index (κ1) is 28.9. The van der Waals surface area contributed by atoms with Crippen LogP contribution in [0.25, 0.3) is 0 Å². The molecule has 0 aliphatic heterocycles. The molecule has 8 nitrogen and oxygen atoms in total. The molecule has 41 heavy (non-hydrogen) atoms. The van der Waals surface area contributed by atoms with Gasteiger partial charge >= 0.3 is 6.03 Å². The second kappa shape index (κ2) is 14.9. The summed E-state index contributed by atoms with van der Waals surface area (Å²) in [6.45, 7) is 0.119. The summed E-state index contributed by atoms with van der Waals surface area (Å²) in [5.74, 6) is 0.358. The zero-order valence-electron chi connectivity index (χ0n) is 22.8. The summed E-state index contributed by atoms with van der Waals surface area (Å²) < 4.78 is 5.83. The number of para-hydroxylation sites is 1. The molecule has 0 radical (unpaired) electrons. The van der Waals surface area contributed by atoms with Crippen LogP contribution in [0, 0.1) is 0 Å². The van der Waals surface area contributed by atoms with Crippen LogP contribution >= 0.6 is 0 Å². The summed E-state index contributed by atoms with van der Waals surface area (Å²) in [4.78, 5) is 41.4. The smallest absolute Gasteiger partial charge is 0.322 e. The molecule has 212 valence electrons. The molecule has 0 saturated heterocycles. The van der Waals surface area contributed by atoms with Gasteiger partial charge in [-0.25, -0.2) is 4.79 Å². The Morgan fingerprint density at radius 2 is 1.24 bits per heavy atom. The Kier molecular flexibility index (Phi) is 10.5. The zero-order chi connectivity index (χ0) is 28.9. The van der Waals surface area contributed by atoms with Crippen molar-refractivity contribution in [3.63, 3.8) is 0 Å². The summed E-state index contributed by atoms with van der Waals surface area (Å²) in [6, 6.07) is 35.3. The van der Waals surface area contributed by atoms with Crippen LogP contribution in [0.4, 0.5) is 10.5 Å². The second-order valence-corrected chi connectivity index (χ2v) is 9.58. The van der Waals surface area contributed by atoms with Crippen molar-refractivity contribution in [1.82, 2.24) is 9.80 Å². The summed E-state index contributed by atoms with van der Waals surface area (Å²) in [6.07, 6.45) is 1.41. The molecular weight excluding hydrogens is 516 g/mol. The van der Waals surface area contributed by atoms with E-state index in [0.717, 1.165) is 17.5 Å². The molecule has 0 unspecified atom stereocenters. The fourth-order valence-electron chi connectivity index (χ4n) is 4.29. The van der Waals surface area contributed by atoms with Gasteiger partial charge in [-0.1, -0.05) is 78.9 Å². The van der Waals surface area contributed by atoms with Crippen LogP contribution in [0.3, 0.4) is 0 Å². The van der Waals surface area contributed by atoms with Gasteiger partial charge in [-0.05, 0) is 60.4 Å². The number of aryl methyl sites for hydroxylation is 1. The van der Waals surface area contributed by atoms with E-state index in [0.29, 0.717) is 30.2 Å². The SMILES string of the molecule is NC(=O)CN(Cc1ccccc1)C(=O)CN(CCCc1ccccc1)C(=O)Nc1ccc(Oc2ccccc2)cc1.[HH]. The van der Waals surface area contributed by atoms with E-state index in [1.807, 2.05) is 91.0 Å². The maximum absolute atomic E-state index is 13.4. The van der Waals surface area contributed by atoms with Crippen LogP contribution in [-0.4, -0.2) is 47.3 Å². The van der Waals surface area contributed by atoms with Crippen molar-refractivity contribution in [2.45, 2.75) is 19.4 Å². The first-order valence-corrected chi connectivity index (χ1v) is 13.5. The number of benzene rings is 4. The lowest BCUT2D eigenvalue weighted by Gasteiger charge is -2.27. The second-order valence-electron chi connectivity index (χ2n) is 9.58. The van der Waals surface area contributed by atoms with Gasteiger partial charge in [0.15, 0.2) is 0 Å². The van der Waals surface area contributed by atoms with E-state index in [1.165, 1.54) is 9.80 Å². The first-order valence-electron chi connectivity index (χ1n) is 13.5. The van der Waals surface area contributed by atoms with Crippen molar-refractivity contribution in [2.75, 3.05) is 25.0 Å². The van der Waals surface area contributed by atoms with Crippen molar-refractivity contribution >= 4 is 23.5 Å². The molecular formula is C33H36N4O4. The molecule has 0 bridgehead atoms. The van der Waals surface area contributed by atoms with Crippen molar-refractivity contribution in [3.05, 3.63) is 126 Å². The number of nitrogens with two attached hydrogens (primary N) is 1. The molecule has 4 rings (SSSR count). The topological polar surface area (TPSA) is 105 Å². The van der Waals surface area contributed by atoms with Crippen molar-refractivity contribution < 1.29 is 20.5 Å². The van der Waals surface area contributed by atoms with E-state index in [1.54, 1.807) is 24.3 Å². The number of primary amides is 1. The van der Waals surface area contributed by atoms with Gasteiger partial charge in [0.2, 0.25) is 11.8 Å². The van der Waals surface area contributed by atoms with Gasteiger partial charge < -0.3 is 25.6 Å². The Hall–Kier alpha value is -5.11. The highest BCUT2D eigenvalue weighted by atomic mass is 16.5. The summed E-state index contributed by atoms with van der Waals surface area (Å²) in [7, 11) is 0. The highest BCUT2D eigenvalue weighted by Crippen LogP contribution is 2.23. The van der Waals surface area contributed by atoms with Gasteiger partial charge in [-0.15, -0.1) is 0 Å². The van der Waals surface area contributed by atoms with Crippen LogP contribution in [0.2, 0.25) is 0 Å². The monoisotopic (exact) mass is 552 g/mol. The van der Waals surface area contributed by atoms with E-state index >= 15 is 0 Å². The third-order valence-electron chi connectivity index (χ3n) is 6.35. The number of carbonyl (C=O) groups is 3. The third-order valence-corrected chi connectivity index (χ3v) is 6.35. The maximum atomic E-state index is 13.4. The van der Waals surface area contributed by atoms with Crippen LogP contribution in [0.15, 0.2) is 115 Å². The molecule has 4 aromatic carbocycles. The Bertz CT molecular complexity index is 1400. The van der Waals surface area contributed by atoms with Gasteiger partial charge in [0.1, 0.15) is 18.0 Å². The van der Waals surface area contributed by atoms with E-state index in [4.69, 9.17) is 10.5 Å². The number of nitrogens with one attached hydrogen (secondary N) is 1. The van der Waals surface area contributed by atoms with Gasteiger partial charge in [-0.3, -0.25) is 9.59 Å². The number of hydrogen-bond acceptors (Lipinski definition) is 4. The molecule has 8 heteroatoms. The minimum Gasteiger partial charge on any atom is -0.457 e. The van der Waals surface area contributed by atoms with Crippen molar-refractivity contribution in [3.8, 4) is 11.5 Å². The lowest BCUT2D eigenvalue weighted by Crippen LogP contribution is -2.46. The normalized spacial score (nSPS) is 10.4. The Morgan fingerprint density at radius 3 is 1.85 bits per heavy atom. The van der Waals surface area contributed by atoms with Crippen LogP contribution < -0.4 is 15.8 Å². The molecule has 0 heterocycles. The Morgan fingerprint density at radius 1 is 0.683 bits per heavy atom. The van der Waals surface area contributed by atoms with Gasteiger partial charge in [-0.2, -0.15) is 0 Å². The van der Waals surface area contributed by atoms with Gasteiger partial charge in [0.05, 0.1) is 6.54 Å². The summed E-state index contributed by atoms with van der Waals surface area (Å²) in [5.41, 5.74) is 8.02. The van der Waals surface area contributed by atoms with Crippen molar-refractivity contribution in [1.29, 1.82) is 0 Å². The number of carbonyl (C=O) groups excluding carboxylic acids is 3. The van der Waals surface area contributed by atoms with E-state index in [9.17, 15) is 14.4 Å². The molecule has 0 spiro atoms. The maximum Gasteiger partial charge on any atom is 0.322 e. The van der Waals surface area contributed by atoms with Gasteiger partial charge in [0.25, 0.3) is 0 Å². The fourth-order valence-corrected chi connectivity index (χ4v) is 4.29. The molecule has 4 amide bonds. The fraction of sp³-hybridized carbons (Fsp3) is 0.182. The molecule has 0 aliphatic rings. The average molecular weight is 553 g/mol. The number of hydrogen-bond donors (Lipinski definition) is 2. The first-order chi connectivity index (χ1) is 20.0. The number of ether oxygens (including phenoxy) is 1. The third kappa shape index (κ3) is 9.54. The average Bonchev–Trinajstić information content (AvgIpc) is 2.98. The lowest BCUT2D eigenvalue weighted by atomic mass is 10.1. The van der Waals surface area contributed by atoms with E-state index < -0.39 is 11.9 Å². The van der Waals surface area contributed by atoms with Crippen LogP contribution in [-0.2, 0) is 22.6 Å². The predicted octanol–water partition coefficient (Wildman–Crippen LogP) is 5.71.